The number of nitrogens with two attached hydrogens (primary N) is 1. The predicted octanol–water partition coefficient (Wildman–Crippen LogP) is 3.90. The normalized spacial score (nSPS) is 20.9. The van der Waals surface area contributed by atoms with E-state index in [0.29, 0.717) is 12.5 Å². The first-order valence-electron chi connectivity index (χ1n) is 11.5. The fourth-order valence-corrected chi connectivity index (χ4v) is 4.41. The number of hydrogen-bond donors (Lipinski definition) is 3. The molecule has 1 aliphatic carbocycles. The molecule has 7 nitrogen and oxygen atoms in total. The number of halogens is 2. The summed E-state index contributed by atoms with van der Waals surface area (Å²) in [6, 6.07) is 7.87. The number of piperidine rings is 1. The quantitative estimate of drug-likeness (QED) is 0.298. The molecular formula is C24H38Cl2N4O3. The van der Waals surface area contributed by atoms with Crippen molar-refractivity contribution >= 4 is 48.2 Å². The van der Waals surface area contributed by atoms with Crippen LogP contribution in [0.5, 0.6) is 0 Å². The van der Waals surface area contributed by atoms with Crippen LogP contribution < -0.4 is 16.0 Å². The van der Waals surface area contributed by atoms with E-state index in [2.05, 4.69) is 10.2 Å². The molecule has 186 valence electrons. The summed E-state index contributed by atoms with van der Waals surface area (Å²) in [5.41, 5.74) is 7.35. The number of rotatable bonds is 7. The van der Waals surface area contributed by atoms with Gasteiger partial charge in [-0.1, -0.05) is 13.8 Å². The number of carbonyl (C=O) groups is 2. The third kappa shape index (κ3) is 8.38. The minimum Gasteiger partial charge on any atom is -0.465 e. The molecule has 33 heavy (non-hydrogen) atoms. The number of ether oxygens (including phenoxy) is 1. The second-order valence-electron chi connectivity index (χ2n) is 9.30. The van der Waals surface area contributed by atoms with E-state index in [-0.39, 0.29) is 60.4 Å². The largest absolute Gasteiger partial charge is 0.465 e. The zero-order valence-electron chi connectivity index (χ0n) is 19.5. The van der Waals surface area contributed by atoms with Gasteiger partial charge in [0.1, 0.15) is 5.84 Å². The van der Waals surface area contributed by atoms with E-state index in [4.69, 9.17) is 15.9 Å². The lowest BCUT2D eigenvalue weighted by Crippen LogP contribution is -2.45. The van der Waals surface area contributed by atoms with Crippen molar-refractivity contribution in [3.05, 3.63) is 29.8 Å². The molecule has 1 saturated carbocycles. The molecule has 0 spiro atoms. The molecule has 3 rings (SSSR count). The molecule has 1 aliphatic heterocycles. The molecule has 0 radical (unpaired) electrons. The lowest BCUT2D eigenvalue weighted by atomic mass is 9.85. The van der Waals surface area contributed by atoms with Crippen molar-refractivity contribution < 1.29 is 14.3 Å². The maximum absolute atomic E-state index is 12.8. The van der Waals surface area contributed by atoms with Crippen LogP contribution in [-0.4, -0.2) is 43.5 Å². The minimum absolute atomic E-state index is 0. The van der Waals surface area contributed by atoms with Crippen LogP contribution in [0.1, 0.15) is 57.9 Å². The van der Waals surface area contributed by atoms with E-state index in [1.54, 1.807) is 0 Å². The number of carbonyl (C=O) groups excluding carboxylic acids is 2. The Hall–Kier alpha value is -1.99. The topological polar surface area (TPSA) is 109 Å². The molecule has 0 unspecified atom stereocenters. The lowest BCUT2D eigenvalue weighted by Gasteiger charge is -2.34. The Balaban J connectivity index is 0.00000272. The molecule has 0 atom stereocenters. The first-order chi connectivity index (χ1) is 14.8. The fraction of sp³-hybridized carbons (Fsp3) is 0.625. The van der Waals surface area contributed by atoms with Crippen LogP contribution in [0.4, 0.5) is 5.69 Å². The van der Waals surface area contributed by atoms with E-state index in [1.165, 1.54) is 0 Å². The maximum atomic E-state index is 12.8. The molecule has 1 aromatic carbocycles. The van der Waals surface area contributed by atoms with E-state index < -0.39 is 0 Å². The summed E-state index contributed by atoms with van der Waals surface area (Å²) >= 11 is 0. The summed E-state index contributed by atoms with van der Waals surface area (Å²) in [5, 5.41) is 10.7. The van der Waals surface area contributed by atoms with Gasteiger partial charge in [-0.2, -0.15) is 0 Å². The molecule has 1 saturated heterocycles. The monoisotopic (exact) mass is 500 g/mol. The van der Waals surface area contributed by atoms with Crippen molar-refractivity contribution in [3.63, 3.8) is 0 Å². The van der Waals surface area contributed by atoms with Gasteiger partial charge in [-0.3, -0.25) is 15.0 Å². The number of nitrogens with zero attached hydrogens (tertiary/aromatic N) is 1. The van der Waals surface area contributed by atoms with Gasteiger partial charge in [-0.05, 0) is 68.7 Å². The highest BCUT2D eigenvalue weighted by Crippen LogP contribution is 2.27. The van der Waals surface area contributed by atoms with Gasteiger partial charge < -0.3 is 20.7 Å². The number of amides is 1. The van der Waals surface area contributed by atoms with Crippen molar-refractivity contribution in [2.45, 2.75) is 58.4 Å². The Kier molecular flexibility index (Phi) is 12.0. The molecule has 2 fully saturated rings. The number of esters is 1. The number of nitrogens with one attached hydrogen (secondary N) is 2. The highest BCUT2D eigenvalue weighted by Gasteiger charge is 2.31. The van der Waals surface area contributed by atoms with Gasteiger partial charge in [-0.15, -0.1) is 24.8 Å². The molecule has 0 aromatic heterocycles. The Morgan fingerprint density at radius 1 is 1.03 bits per heavy atom. The van der Waals surface area contributed by atoms with Crippen LogP contribution in [0, 0.1) is 23.2 Å². The summed E-state index contributed by atoms with van der Waals surface area (Å²) in [6.45, 7) is 6.23. The van der Waals surface area contributed by atoms with Crippen LogP contribution in [0.2, 0.25) is 0 Å². The van der Waals surface area contributed by atoms with Crippen molar-refractivity contribution in [2.75, 3.05) is 24.6 Å². The minimum atomic E-state index is -0.0813. The highest BCUT2D eigenvalue weighted by atomic mass is 35.5. The SMILES string of the molecule is CC(C)COC(=O)C1CCC(NC(=O)C2CCN(c3ccc(C(=N)N)cc3)CC2)CC1.Cl.Cl. The van der Waals surface area contributed by atoms with Crippen LogP contribution in [0.25, 0.3) is 0 Å². The van der Waals surface area contributed by atoms with Crippen molar-refractivity contribution in [3.8, 4) is 0 Å². The van der Waals surface area contributed by atoms with Gasteiger partial charge in [0.2, 0.25) is 5.91 Å². The summed E-state index contributed by atoms with van der Waals surface area (Å²) in [4.78, 5) is 27.2. The molecule has 9 heteroatoms. The van der Waals surface area contributed by atoms with Crippen molar-refractivity contribution in [1.29, 1.82) is 5.41 Å². The Morgan fingerprint density at radius 2 is 1.61 bits per heavy atom. The van der Waals surface area contributed by atoms with Crippen LogP contribution in [-0.2, 0) is 14.3 Å². The third-order valence-corrected chi connectivity index (χ3v) is 6.38. The molecule has 0 bridgehead atoms. The van der Waals surface area contributed by atoms with Gasteiger partial charge in [-0.25, -0.2) is 0 Å². The van der Waals surface area contributed by atoms with Gasteiger partial charge in [0.15, 0.2) is 0 Å². The van der Waals surface area contributed by atoms with Crippen molar-refractivity contribution in [1.82, 2.24) is 5.32 Å². The first kappa shape index (κ1) is 29.0. The summed E-state index contributed by atoms with van der Waals surface area (Å²) in [7, 11) is 0. The van der Waals surface area contributed by atoms with E-state index in [0.717, 1.165) is 62.9 Å². The van der Waals surface area contributed by atoms with E-state index in [9.17, 15) is 9.59 Å². The summed E-state index contributed by atoms with van der Waals surface area (Å²) < 4.78 is 5.37. The molecule has 4 N–H and O–H groups in total. The molecular weight excluding hydrogens is 463 g/mol. The van der Waals surface area contributed by atoms with Crippen molar-refractivity contribution in [2.24, 2.45) is 23.5 Å². The van der Waals surface area contributed by atoms with Gasteiger partial charge >= 0.3 is 5.97 Å². The van der Waals surface area contributed by atoms with Gasteiger partial charge in [0.25, 0.3) is 0 Å². The summed E-state index contributed by atoms with van der Waals surface area (Å²) in [5.74, 6) is 0.514. The third-order valence-electron chi connectivity index (χ3n) is 6.38. The number of nitrogen functional groups attached to an aromatic ring is 1. The standard InChI is InChI=1S/C24H36N4O3.2ClH/c1-16(2)15-31-24(30)19-3-7-20(8-4-19)27-23(29)18-11-13-28(14-12-18)21-9-5-17(6-10-21)22(25)26;;/h5-6,9-10,16,18-20H,3-4,7-8,11-15H2,1-2H3,(H3,25,26)(H,27,29);2*1H. The lowest BCUT2D eigenvalue weighted by molar-refractivity contribution is -0.150. The summed E-state index contributed by atoms with van der Waals surface area (Å²) in [6.07, 6.45) is 4.92. The smallest absolute Gasteiger partial charge is 0.308 e. The molecule has 1 aromatic rings. The first-order valence-corrected chi connectivity index (χ1v) is 11.5. The Bertz CT molecular complexity index is 772. The van der Waals surface area contributed by atoms with Crippen LogP contribution in [0.3, 0.4) is 0 Å². The fourth-order valence-electron chi connectivity index (χ4n) is 4.41. The van der Waals surface area contributed by atoms with E-state index >= 15 is 0 Å². The zero-order valence-corrected chi connectivity index (χ0v) is 21.2. The number of amidine groups is 1. The predicted molar refractivity (Wildman–Crippen MR) is 137 cm³/mol. The Morgan fingerprint density at radius 3 is 2.12 bits per heavy atom. The highest BCUT2D eigenvalue weighted by molar-refractivity contribution is 5.95. The second kappa shape index (κ2) is 13.7. The van der Waals surface area contributed by atoms with E-state index in [1.807, 2.05) is 38.1 Å². The second-order valence-corrected chi connectivity index (χ2v) is 9.30. The van der Waals surface area contributed by atoms with Crippen LogP contribution in [0.15, 0.2) is 24.3 Å². The average molecular weight is 501 g/mol. The average Bonchev–Trinajstić information content (AvgIpc) is 2.78. The molecule has 1 amide bonds. The molecule has 1 heterocycles. The van der Waals surface area contributed by atoms with Gasteiger partial charge in [0.05, 0.1) is 12.5 Å². The van der Waals surface area contributed by atoms with Crippen LogP contribution >= 0.6 is 24.8 Å². The number of benzene rings is 1. The number of anilines is 1. The number of hydrogen-bond acceptors (Lipinski definition) is 5. The maximum Gasteiger partial charge on any atom is 0.308 e. The zero-order chi connectivity index (χ0) is 22.4. The molecule has 2 aliphatic rings. The Labute approximate surface area is 209 Å². The van der Waals surface area contributed by atoms with Gasteiger partial charge in [0, 0.05) is 36.3 Å².